The van der Waals surface area contributed by atoms with Crippen LogP contribution in [0.2, 0.25) is 0 Å². The van der Waals surface area contributed by atoms with Gasteiger partial charge in [0.15, 0.2) is 5.78 Å². The highest BCUT2D eigenvalue weighted by atomic mass is 19.1. The smallest absolute Gasteiger partial charge is 0.408 e. The number of benzene rings is 1. The van der Waals surface area contributed by atoms with E-state index in [1.807, 2.05) is 0 Å². The summed E-state index contributed by atoms with van der Waals surface area (Å²) in [5.74, 6) is -2.77. The lowest BCUT2D eigenvalue weighted by molar-refractivity contribution is -0.138. The molecule has 0 aliphatic heterocycles. The number of hydrogen-bond donors (Lipinski definition) is 2. The molecule has 1 fully saturated rings. The number of halogens is 2. The van der Waals surface area contributed by atoms with Crippen molar-refractivity contribution in [3.05, 3.63) is 35.4 Å². The fourth-order valence-electron chi connectivity index (χ4n) is 2.92. The van der Waals surface area contributed by atoms with Crippen molar-refractivity contribution in [3.8, 4) is 0 Å². The second-order valence-corrected chi connectivity index (χ2v) is 6.90. The first-order valence-corrected chi connectivity index (χ1v) is 7.75. The van der Waals surface area contributed by atoms with Crippen molar-refractivity contribution in [2.75, 3.05) is 0 Å². The van der Waals surface area contributed by atoms with E-state index in [1.54, 1.807) is 20.8 Å². The van der Waals surface area contributed by atoms with Gasteiger partial charge in [-0.15, -0.1) is 0 Å². The van der Waals surface area contributed by atoms with Crippen LogP contribution >= 0.6 is 0 Å². The molecular weight excluding hydrogens is 320 g/mol. The molecule has 0 spiro atoms. The van der Waals surface area contributed by atoms with Gasteiger partial charge >= 0.3 is 6.09 Å². The number of carbonyl (C=O) groups is 2. The summed E-state index contributed by atoms with van der Waals surface area (Å²) in [6.45, 7) is 4.88. The van der Waals surface area contributed by atoms with Crippen LogP contribution < -0.4 is 5.32 Å². The summed E-state index contributed by atoms with van der Waals surface area (Å²) >= 11 is 0. The molecule has 1 aliphatic carbocycles. The second-order valence-electron chi connectivity index (χ2n) is 6.90. The van der Waals surface area contributed by atoms with Crippen LogP contribution in [0, 0.1) is 11.6 Å². The van der Waals surface area contributed by atoms with Crippen molar-refractivity contribution in [2.24, 2.45) is 0 Å². The van der Waals surface area contributed by atoms with Gasteiger partial charge in [-0.3, -0.25) is 4.79 Å². The molecule has 1 amide bonds. The van der Waals surface area contributed by atoms with Gasteiger partial charge < -0.3 is 15.2 Å². The minimum atomic E-state index is -1.99. The molecule has 2 N–H and O–H groups in total. The molecule has 0 bridgehead atoms. The number of aliphatic hydroxyl groups excluding tert-OH is 1. The van der Waals surface area contributed by atoms with Crippen molar-refractivity contribution in [2.45, 2.75) is 57.3 Å². The van der Waals surface area contributed by atoms with Crippen LogP contribution in [0.5, 0.6) is 0 Å². The molecule has 1 aliphatic rings. The molecule has 24 heavy (non-hydrogen) atoms. The first-order valence-electron chi connectivity index (χ1n) is 7.75. The van der Waals surface area contributed by atoms with E-state index in [2.05, 4.69) is 5.32 Å². The number of ketones is 1. The van der Waals surface area contributed by atoms with Gasteiger partial charge in [0.2, 0.25) is 0 Å². The molecule has 1 aromatic rings. The number of rotatable bonds is 2. The predicted octanol–water partition coefficient (Wildman–Crippen LogP) is 2.80. The van der Waals surface area contributed by atoms with Crippen LogP contribution in [-0.4, -0.2) is 28.7 Å². The van der Waals surface area contributed by atoms with Crippen LogP contribution in [0.4, 0.5) is 13.6 Å². The van der Waals surface area contributed by atoms with Gasteiger partial charge in [0.1, 0.15) is 28.9 Å². The van der Waals surface area contributed by atoms with E-state index in [0.717, 1.165) is 12.1 Å². The van der Waals surface area contributed by atoms with Crippen molar-refractivity contribution >= 4 is 11.9 Å². The molecular formula is C17H21F2NO4. The van der Waals surface area contributed by atoms with Crippen LogP contribution in [0.25, 0.3) is 0 Å². The highest BCUT2D eigenvalue weighted by molar-refractivity contribution is 5.96. The Labute approximate surface area is 139 Å². The van der Waals surface area contributed by atoms with Crippen LogP contribution in [0.3, 0.4) is 0 Å². The molecule has 1 aromatic carbocycles. The number of Topliss-reactive ketones (excluding diaryl/α,β-unsaturated/α-hetero) is 1. The minimum Gasteiger partial charge on any atom is -0.444 e. The Balaban J connectivity index is 2.51. The van der Waals surface area contributed by atoms with Gasteiger partial charge in [-0.25, -0.2) is 13.6 Å². The summed E-state index contributed by atoms with van der Waals surface area (Å²) in [5, 5.41) is 12.2. The first kappa shape index (κ1) is 18.3. The van der Waals surface area contributed by atoms with E-state index in [9.17, 15) is 23.5 Å². The number of nitrogens with one attached hydrogen (secondary N) is 1. The average molecular weight is 341 g/mol. The van der Waals surface area contributed by atoms with E-state index < -0.39 is 46.3 Å². The molecule has 0 radical (unpaired) electrons. The zero-order chi connectivity index (χ0) is 18.1. The number of aliphatic hydroxyl groups is 1. The average Bonchev–Trinajstić information content (AvgIpc) is 2.42. The molecule has 2 atom stereocenters. The fraction of sp³-hybridized carbons (Fsp3) is 0.529. The number of amides is 1. The topological polar surface area (TPSA) is 75.6 Å². The Morgan fingerprint density at radius 3 is 2.46 bits per heavy atom. The monoisotopic (exact) mass is 341 g/mol. The molecule has 7 heteroatoms. The zero-order valence-electron chi connectivity index (χ0n) is 13.9. The second kappa shape index (κ2) is 6.47. The van der Waals surface area contributed by atoms with Crippen molar-refractivity contribution in [3.63, 3.8) is 0 Å². The Kier molecular flexibility index (Phi) is 4.94. The van der Waals surface area contributed by atoms with Crippen LogP contribution in [-0.2, 0) is 15.1 Å². The number of carbonyl (C=O) groups excluding carboxylic acids is 2. The molecule has 2 unspecified atom stereocenters. The number of hydrogen-bond acceptors (Lipinski definition) is 4. The highest BCUT2D eigenvalue weighted by Gasteiger charge is 2.50. The summed E-state index contributed by atoms with van der Waals surface area (Å²) < 4.78 is 33.7. The predicted molar refractivity (Wildman–Crippen MR) is 82.3 cm³/mol. The Morgan fingerprint density at radius 2 is 1.92 bits per heavy atom. The third-order valence-electron chi connectivity index (χ3n) is 3.86. The molecule has 1 saturated carbocycles. The molecule has 0 aromatic heterocycles. The van der Waals surface area contributed by atoms with Gasteiger partial charge in [0.25, 0.3) is 0 Å². The maximum atomic E-state index is 14.3. The standard InChI is InChI=1S/C17H21F2NO4/c1-16(2,3)24-15(23)20-17(9-5-8-12(21)14(17)22)13-10(18)6-4-7-11(13)19/h4,6-7,12,21H,5,8-9H2,1-3H3,(H,20,23). The molecule has 132 valence electrons. The third-order valence-corrected chi connectivity index (χ3v) is 3.86. The first-order chi connectivity index (χ1) is 11.1. The van der Waals surface area contributed by atoms with Crippen molar-refractivity contribution in [1.82, 2.24) is 5.32 Å². The lowest BCUT2D eigenvalue weighted by Gasteiger charge is -2.39. The van der Waals surface area contributed by atoms with Crippen molar-refractivity contribution in [1.29, 1.82) is 0 Å². The van der Waals surface area contributed by atoms with E-state index >= 15 is 0 Å². The summed E-state index contributed by atoms with van der Waals surface area (Å²) in [7, 11) is 0. The van der Waals surface area contributed by atoms with E-state index in [0.29, 0.717) is 6.42 Å². The van der Waals surface area contributed by atoms with E-state index in [-0.39, 0.29) is 12.8 Å². The van der Waals surface area contributed by atoms with Gasteiger partial charge in [-0.2, -0.15) is 0 Å². The van der Waals surface area contributed by atoms with Gasteiger partial charge in [0, 0.05) is 0 Å². The van der Waals surface area contributed by atoms with Crippen molar-refractivity contribution < 1.29 is 28.2 Å². The molecule has 5 nitrogen and oxygen atoms in total. The van der Waals surface area contributed by atoms with E-state index in [1.165, 1.54) is 6.07 Å². The summed E-state index contributed by atoms with van der Waals surface area (Å²) in [6, 6.07) is 3.18. The van der Waals surface area contributed by atoms with Gasteiger partial charge in [-0.1, -0.05) is 6.07 Å². The minimum absolute atomic E-state index is 0.0278. The van der Waals surface area contributed by atoms with E-state index in [4.69, 9.17) is 4.74 Å². The quantitative estimate of drug-likeness (QED) is 0.867. The maximum Gasteiger partial charge on any atom is 0.408 e. The summed E-state index contributed by atoms with van der Waals surface area (Å²) in [6.07, 6.45) is -1.93. The van der Waals surface area contributed by atoms with Gasteiger partial charge in [-0.05, 0) is 52.2 Å². The molecule has 0 heterocycles. The summed E-state index contributed by atoms with van der Waals surface area (Å²) in [5.41, 5.74) is -3.41. The lowest BCUT2D eigenvalue weighted by atomic mass is 9.74. The largest absolute Gasteiger partial charge is 0.444 e. The Bertz CT molecular complexity index is 636. The fourth-order valence-corrected chi connectivity index (χ4v) is 2.92. The van der Waals surface area contributed by atoms with Crippen LogP contribution in [0.15, 0.2) is 18.2 Å². The molecule has 0 saturated heterocycles. The van der Waals surface area contributed by atoms with Crippen LogP contribution in [0.1, 0.15) is 45.6 Å². The lowest BCUT2D eigenvalue weighted by Crippen LogP contribution is -2.58. The normalized spacial score (nSPS) is 24.6. The molecule has 2 rings (SSSR count). The SMILES string of the molecule is CC(C)(C)OC(=O)NC1(c2c(F)cccc2F)CCCC(O)C1=O. The number of ether oxygens (including phenoxy) is 1. The van der Waals surface area contributed by atoms with Gasteiger partial charge in [0.05, 0.1) is 5.56 Å². The maximum absolute atomic E-state index is 14.3. The highest BCUT2D eigenvalue weighted by Crippen LogP contribution is 2.37. The summed E-state index contributed by atoms with van der Waals surface area (Å²) in [4.78, 5) is 24.8. The Morgan fingerprint density at radius 1 is 1.33 bits per heavy atom. The zero-order valence-corrected chi connectivity index (χ0v) is 13.9. The third kappa shape index (κ3) is 3.56. The number of alkyl carbamates (subject to hydrolysis) is 1. The Hall–Kier alpha value is -2.02.